The third-order valence-corrected chi connectivity index (χ3v) is 3.83. The summed E-state index contributed by atoms with van der Waals surface area (Å²) in [7, 11) is 1.92. The Morgan fingerprint density at radius 1 is 1.56 bits per heavy atom. The molecule has 1 fully saturated rings. The first-order chi connectivity index (χ1) is 8.69. The Morgan fingerprint density at radius 3 is 3.17 bits per heavy atom. The number of ether oxygens (including phenoxy) is 1. The first kappa shape index (κ1) is 13.9. The molecule has 0 spiro atoms. The minimum absolute atomic E-state index is 0.187. The molecule has 1 heterocycles. The lowest BCUT2D eigenvalue weighted by atomic mass is 10.2. The van der Waals surface area contributed by atoms with E-state index in [1.54, 1.807) is 12.1 Å². The number of likely N-dealkylation sites (N-methyl/N-ethyl adjacent to an activating group) is 1. The molecule has 0 amide bonds. The minimum atomic E-state index is -0.187. The van der Waals surface area contributed by atoms with Crippen molar-refractivity contribution in [1.29, 1.82) is 0 Å². The number of hydrogen-bond acceptors (Lipinski definition) is 3. The lowest BCUT2D eigenvalue weighted by Crippen LogP contribution is -2.45. The van der Waals surface area contributed by atoms with Crippen molar-refractivity contribution in [2.45, 2.75) is 12.6 Å². The lowest BCUT2D eigenvalue weighted by molar-refractivity contribution is -0.0292. The average molecular weight is 317 g/mol. The van der Waals surface area contributed by atoms with E-state index >= 15 is 0 Å². The van der Waals surface area contributed by atoms with E-state index in [2.05, 4.69) is 26.1 Å². The van der Waals surface area contributed by atoms with E-state index in [0.29, 0.717) is 0 Å². The van der Waals surface area contributed by atoms with Crippen molar-refractivity contribution in [3.05, 3.63) is 34.1 Å². The van der Waals surface area contributed by atoms with Gasteiger partial charge in [-0.3, -0.25) is 4.90 Å². The fourth-order valence-corrected chi connectivity index (χ4v) is 2.55. The second-order valence-electron chi connectivity index (χ2n) is 4.52. The van der Waals surface area contributed by atoms with Crippen LogP contribution in [-0.4, -0.2) is 44.3 Å². The van der Waals surface area contributed by atoms with Crippen LogP contribution in [0.4, 0.5) is 4.39 Å². The van der Waals surface area contributed by atoms with Gasteiger partial charge in [-0.15, -0.1) is 0 Å². The maximum absolute atomic E-state index is 13.2. The fourth-order valence-electron chi connectivity index (χ4n) is 2.18. The van der Waals surface area contributed by atoms with Gasteiger partial charge in [-0.05, 0) is 30.8 Å². The monoisotopic (exact) mass is 316 g/mol. The van der Waals surface area contributed by atoms with Crippen molar-refractivity contribution in [3.8, 4) is 0 Å². The van der Waals surface area contributed by atoms with Crippen molar-refractivity contribution < 1.29 is 9.13 Å². The Hall–Kier alpha value is -0.490. The summed E-state index contributed by atoms with van der Waals surface area (Å²) < 4.78 is 19.8. The van der Waals surface area contributed by atoms with Crippen LogP contribution < -0.4 is 5.32 Å². The van der Waals surface area contributed by atoms with Crippen LogP contribution in [0.25, 0.3) is 0 Å². The normalized spacial score (nSPS) is 21.2. The van der Waals surface area contributed by atoms with Gasteiger partial charge in [0.05, 0.1) is 12.7 Å². The number of nitrogens with one attached hydrogen (secondary N) is 1. The van der Waals surface area contributed by atoms with Gasteiger partial charge in [-0.2, -0.15) is 0 Å². The predicted molar refractivity (Wildman–Crippen MR) is 73.0 cm³/mol. The van der Waals surface area contributed by atoms with E-state index in [4.69, 9.17) is 4.74 Å². The summed E-state index contributed by atoms with van der Waals surface area (Å²) in [6.45, 7) is 4.11. The number of nitrogens with zero attached hydrogens (tertiary/aromatic N) is 1. The molecule has 1 saturated heterocycles. The maximum atomic E-state index is 13.2. The van der Waals surface area contributed by atoms with Gasteiger partial charge in [-0.1, -0.05) is 15.9 Å². The zero-order valence-corrected chi connectivity index (χ0v) is 12.0. The predicted octanol–water partition coefficient (Wildman–Crippen LogP) is 2.01. The molecule has 1 aliphatic rings. The first-order valence-corrected chi connectivity index (χ1v) is 6.91. The molecule has 1 N–H and O–H groups in total. The van der Waals surface area contributed by atoms with Crippen LogP contribution in [0.3, 0.4) is 0 Å². The molecule has 0 aliphatic carbocycles. The average Bonchev–Trinajstić information content (AvgIpc) is 2.35. The molecule has 100 valence electrons. The molecule has 0 bridgehead atoms. The summed E-state index contributed by atoms with van der Waals surface area (Å²) in [5.74, 6) is -0.187. The Morgan fingerprint density at radius 2 is 2.39 bits per heavy atom. The number of halogens is 2. The van der Waals surface area contributed by atoms with E-state index in [1.165, 1.54) is 6.07 Å². The number of benzene rings is 1. The smallest absolute Gasteiger partial charge is 0.123 e. The third kappa shape index (κ3) is 3.75. The molecular formula is C13H18BrFN2O. The molecule has 0 radical (unpaired) electrons. The molecule has 2 rings (SSSR count). The molecule has 1 unspecified atom stereocenters. The van der Waals surface area contributed by atoms with Crippen molar-refractivity contribution in [3.63, 3.8) is 0 Å². The van der Waals surface area contributed by atoms with Crippen LogP contribution in [0, 0.1) is 5.82 Å². The highest BCUT2D eigenvalue weighted by Crippen LogP contribution is 2.20. The lowest BCUT2D eigenvalue weighted by Gasteiger charge is -2.33. The Bertz CT molecular complexity index is 401. The van der Waals surface area contributed by atoms with E-state index in [1.807, 2.05) is 7.05 Å². The zero-order chi connectivity index (χ0) is 13.0. The summed E-state index contributed by atoms with van der Waals surface area (Å²) in [6, 6.07) is 4.82. The molecule has 1 aromatic carbocycles. The van der Waals surface area contributed by atoms with Crippen LogP contribution in [0.1, 0.15) is 5.56 Å². The highest BCUT2D eigenvalue weighted by molar-refractivity contribution is 9.10. The molecular weight excluding hydrogens is 299 g/mol. The van der Waals surface area contributed by atoms with E-state index < -0.39 is 0 Å². The Kier molecular flexibility index (Phi) is 5.12. The van der Waals surface area contributed by atoms with E-state index in [0.717, 1.165) is 42.8 Å². The molecule has 1 atom stereocenters. The van der Waals surface area contributed by atoms with Crippen molar-refractivity contribution in [2.24, 2.45) is 0 Å². The Labute approximate surface area is 115 Å². The molecule has 1 aromatic rings. The zero-order valence-electron chi connectivity index (χ0n) is 10.5. The van der Waals surface area contributed by atoms with Crippen LogP contribution in [0.2, 0.25) is 0 Å². The summed E-state index contributed by atoms with van der Waals surface area (Å²) in [5.41, 5.74) is 0.986. The second kappa shape index (κ2) is 6.61. The maximum Gasteiger partial charge on any atom is 0.123 e. The molecule has 18 heavy (non-hydrogen) atoms. The third-order valence-electron chi connectivity index (χ3n) is 3.06. The van der Waals surface area contributed by atoms with Gasteiger partial charge in [0.25, 0.3) is 0 Å². The van der Waals surface area contributed by atoms with Crippen LogP contribution in [0.15, 0.2) is 22.7 Å². The standard InChI is InChI=1S/C13H18BrFN2O/c1-16-7-12-9-17(4-5-18-12)8-10-6-11(15)2-3-13(10)14/h2-3,6,12,16H,4-5,7-9H2,1H3. The summed E-state index contributed by atoms with van der Waals surface area (Å²) in [5, 5.41) is 3.12. The minimum Gasteiger partial charge on any atom is -0.374 e. The summed E-state index contributed by atoms with van der Waals surface area (Å²) in [4.78, 5) is 2.30. The van der Waals surface area contributed by atoms with Crippen LogP contribution in [0.5, 0.6) is 0 Å². The highest BCUT2D eigenvalue weighted by atomic mass is 79.9. The molecule has 1 aliphatic heterocycles. The number of hydrogen-bond donors (Lipinski definition) is 1. The molecule has 5 heteroatoms. The topological polar surface area (TPSA) is 24.5 Å². The largest absolute Gasteiger partial charge is 0.374 e. The summed E-state index contributed by atoms with van der Waals surface area (Å²) in [6.07, 6.45) is 0.219. The van der Waals surface area contributed by atoms with E-state index in [-0.39, 0.29) is 11.9 Å². The second-order valence-corrected chi connectivity index (χ2v) is 5.38. The quantitative estimate of drug-likeness (QED) is 0.919. The highest BCUT2D eigenvalue weighted by Gasteiger charge is 2.20. The van der Waals surface area contributed by atoms with E-state index in [9.17, 15) is 4.39 Å². The van der Waals surface area contributed by atoms with Crippen molar-refractivity contribution >= 4 is 15.9 Å². The number of rotatable bonds is 4. The summed E-state index contributed by atoms with van der Waals surface area (Å²) >= 11 is 3.47. The molecule has 0 aromatic heterocycles. The van der Waals surface area contributed by atoms with Gasteiger partial charge in [0.2, 0.25) is 0 Å². The van der Waals surface area contributed by atoms with Gasteiger partial charge in [-0.25, -0.2) is 4.39 Å². The van der Waals surface area contributed by atoms with Crippen LogP contribution >= 0.6 is 15.9 Å². The Balaban J connectivity index is 1.98. The van der Waals surface area contributed by atoms with Crippen molar-refractivity contribution in [2.75, 3.05) is 33.3 Å². The molecule has 0 saturated carbocycles. The molecule has 3 nitrogen and oxygen atoms in total. The van der Waals surface area contributed by atoms with Crippen molar-refractivity contribution in [1.82, 2.24) is 10.2 Å². The van der Waals surface area contributed by atoms with Gasteiger partial charge in [0.1, 0.15) is 5.82 Å². The fraction of sp³-hybridized carbons (Fsp3) is 0.538. The van der Waals surface area contributed by atoms with Crippen LogP contribution in [-0.2, 0) is 11.3 Å². The number of morpholine rings is 1. The van der Waals surface area contributed by atoms with Gasteiger partial charge in [0.15, 0.2) is 0 Å². The first-order valence-electron chi connectivity index (χ1n) is 6.11. The van der Waals surface area contributed by atoms with Gasteiger partial charge >= 0.3 is 0 Å². The van der Waals surface area contributed by atoms with Gasteiger partial charge < -0.3 is 10.1 Å². The van der Waals surface area contributed by atoms with Gasteiger partial charge in [0, 0.05) is 30.7 Å². The SMILES string of the molecule is CNCC1CN(Cc2cc(F)ccc2Br)CCO1.